The summed E-state index contributed by atoms with van der Waals surface area (Å²) in [6, 6.07) is 19.0. The Morgan fingerprint density at radius 2 is 1.75 bits per heavy atom. The quantitative estimate of drug-likeness (QED) is 0.219. The lowest BCUT2D eigenvalue weighted by Gasteiger charge is -2.36. The number of aromatic nitrogens is 2. The number of carbonyl (C=O) groups is 1. The molecule has 0 unspecified atom stereocenters. The molecule has 3 heterocycles. The number of benzene rings is 3. The largest absolute Gasteiger partial charge is 0.496 e. The lowest BCUT2D eigenvalue weighted by Crippen LogP contribution is -2.49. The van der Waals surface area contributed by atoms with Crippen LogP contribution < -0.4 is 15.6 Å². The fourth-order valence-corrected chi connectivity index (χ4v) is 5.98. The molecule has 44 heavy (non-hydrogen) atoms. The predicted octanol–water partition coefficient (Wildman–Crippen LogP) is 6.29. The van der Waals surface area contributed by atoms with Crippen molar-refractivity contribution in [2.45, 2.75) is 20.4 Å². The lowest BCUT2D eigenvalue weighted by atomic mass is 9.90. The number of methoxy groups -OCH3 is 1. The average Bonchev–Trinajstić information content (AvgIpc) is 2.98. The van der Waals surface area contributed by atoms with E-state index in [9.17, 15) is 14.7 Å². The van der Waals surface area contributed by atoms with Crippen molar-refractivity contribution in [3.63, 3.8) is 0 Å². The summed E-state index contributed by atoms with van der Waals surface area (Å²) in [5.74, 6) is -0.707. The SMILES string of the molecule is COc1cc(-c2cccc(-c3cccc(Nc4nccc5ccn(C)c(=O)c45)c3C)c2C)cc(F)c1CN1CC(C(=O)O)C1. The van der Waals surface area contributed by atoms with Crippen LogP contribution in [-0.2, 0) is 18.4 Å². The molecule has 0 spiro atoms. The molecule has 8 nitrogen and oxygen atoms in total. The molecular formula is C35H33FN4O4. The first-order valence-corrected chi connectivity index (χ1v) is 14.4. The van der Waals surface area contributed by atoms with Gasteiger partial charge in [0.2, 0.25) is 0 Å². The number of anilines is 2. The molecule has 0 radical (unpaired) electrons. The van der Waals surface area contributed by atoms with Crippen molar-refractivity contribution in [1.82, 2.24) is 14.5 Å². The Balaban J connectivity index is 1.34. The van der Waals surface area contributed by atoms with Crippen molar-refractivity contribution in [2.75, 3.05) is 25.5 Å². The van der Waals surface area contributed by atoms with Gasteiger partial charge in [-0.1, -0.05) is 30.3 Å². The van der Waals surface area contributed by atoms with Crippen LogP contribution in [0.1, 0.15) is 16.7 Å². The van der Waals surface area contributed by atoms with Crippen molar-refractivity contribution < 1.29 is 19.0 Å². The number of ether oxygens (including phenoxy) is 1. The van der Waals surface area contributed by atoms with Crippen LogP contribution in [0, 0.1) is 25.6 Å². The van der Waals surface area contributed by atoms with Gasteiger partial charge < -0.3 is 19.7 Å². The minimum atomic E-state index is -0.827. The summed E-state index contributed by atoms with van der Waals surface area (Å²) in [7, 11) is 3.24. The molecule has 6 rings (SSSR count). The summed E-state index contributed by atoms with van der Waals surface area (Å²) >= 11 is 0. The Morgan fingerprint density at radius 3 is 2.48 bits per heavy atom. The number of fused-ring (bicyclic) bond motifs is 1. The lowest BCUT2D eigenvalue weighted by molar-refractivity contribution is -0.147. The number of nitrogens with zero attached hydrogens (tertiary/aromatic N) is 3. The molecule has 0 aliphatic carbocycles. The predicted molar refractivity (Wildman–Crippen MR) is 170 cm³/mol. The Bertz CT molecular complexity index is 1980. The third-order valence-electron chi connectivity index (χ3n) is 8.58. The van der Waals surface area contributed by atoms with Crippen LogP contribution in [0.5, 0.6) is 5.75 Å². The molecule has 5 aromatic rings. The molecule has 224 valence electrons. The van der Waals surface area contributed by atoms with Crippen molar-refractivity contribution in [2.24, 2.45) is 13.0 Å². The fraction of sp³-hybridized carbons (Fsp3) is 0.229. The standard InChI is InChI=1S/C35H33FN4O4/c1-20-25(23-15-29(36)28(31(16-23)44-4)19-40-17-24(18-40)35(42)43)7-5-8-26(20)27-9-6-10-30(21(27)2)38-33-32-22(11-13-37-33)12-14-39(3)34(32)41/h5-16,24H,17-19H2,1-4H3,(H,37,38)(H,42,43). The number of hydrogen-bond acceptors (Lipinski definition) is 6. The molecule has 9 heteroatoms. The van der Waals surface area contributed by atoms with Gasteiger partial charge in [-0.2, -0.15) is 0 Å². The zero-order chi connectivity index (χ0) is 31.1. The van der Waals surface area contributed by atoms with Crippen LogP contribution in [0.4, 0.5) is 15.9 Å². The van der Waals surface area contributed by atoms with E-state index in [-0.39, 0.29) is 17.9 Å². The summed E-state index contributed by atoms with van der Waals surface area (Å²) in [5.41, 5.74) is 6.63. The highest BCUT2D eigenvalue weighted by atomic mass is 19.1. The Kier molecular flexibility index (Phi) is 7.65. The molecule has 2 N–H and O–H groups in total. The molecule has 0 bridgehead atoms. The summed E-state index contributed by atoms with van der Waals surface area (Å²) in [4.78, 5) is 30.5. The Labute approximate surface area is 254 Å². The van der Waals surface area contributed by atoms with E-state index in [1.807, 2.05) is 73.3 Å². The highest BCUT2D eigenvalue weighted by molar-refractivity contribution is 5.93. The van der Waals surface area contributed by atoms with Gasteiger partial charge in [-0.05, 0) is 82.9 Å². The minimum absolute atomic E-state index is 0.126. The number of rotatable bonds is 8. The molecule has 2 aromatic heterocycles. The summed E-state index contributed by atoms with van der Waals surface area (Å²) < 4.78 is 22.7. The van der Waals surface area contributed by atoms with E-state index in [2.05, 4.69) is 10.3 Å². The number of carboxylic acids is 1. The van der Waals surface area contributed by atoms with E-state index in [4.69, 9.17) is 4.74 Å². The van der Waals surface area contributed by atoms with Gasteiger partial charge in [0.05, 0.1) is 18.4 Å². The second kappa shape index (κ2) is 11.6. The molecule has 3 aromatic carbocycles. The van der Waals surface area contributed by atoms with Crippen molar-refractivity contribution in [1.29, 1.82) is 0 Å². The number of likely N-dealkylation sites (tertiary alicyclic amines) is 1. The monoisotopic (exact) mass is 592 g/mol. The van der Waals surface area contributed by atoms with E-state index in [1.54, 1.807) is 19.4 Å². The third kappa shape index (κ3) is 5.20. The molecule has 1 fully saturated rings. The first-order chi connectivity index (χ1) is 21.2. The maximum atomic E-state index is 15.5. The van der Waals surface area contributed by atoms with E-state index in [0.29, 0.717) is 41.2 Å². The van der Waals surface area contributed by atoms with Crippen LogP contribution in [-0.4, -0.2) is 45.7 Å². The van der Waals surface area contributed by atoms with Gasteiger partial charge in [-0.3, -0.25) is 14.5 Å². The molecule has 1 saturated heterocycles. The van der Waals surface area contributed by atoms with Gasteiger partial charge in [0.25, 0.3) is 5.56 Å². The summed E-state index contributed by atoms with van der Waals surface area (Å²) in [6.45, 7) is 5.11. The highest BCUT2D eigenvalue weighted by Crippen LogP contribution is 2.39. The smallest absolute Gasteiger partial charge is 0.309 e. The number of aliphatic carboxylic acids is 1. The maximum absolute atomic E-state index is 15.5. The average molecular weight is 593 g/mol. The van der Waals surface area contributed by atoms with Crippen LogP contribution in [0.3, 0.4) is 0 Å². The van der Waals surface area contributed by atoms with Gasteiger partial charge in [-0.25, -0.2) is 9.37 Å². The van der Waals surface area contributed by atoms with Gasteiger partial charge in [0, 0.05) is 50.3 Å². The van der Waals surface area contributed by atoms with Gasteiger partial charge >= 0.3 is 5.97 Å². The molecule has 1 aliphatic rings. The van der Waals surface area contributed by atoms with E-state index in [1.165, 1.54) is 17.7 Å². The number of carboxylic acid groups (broad SMARTS) is 1. The molecule has 0 saturated carbocycles. The summed E-state index contributed by atoms with van der Waals surface area (Å²) in [6.07, 6.45) is 3.43. The van der Waals surface area contributed by atoms with Crippen LogP contribution >= 0.6 is 0 Å². The maximum Gasteiger partial charge on any atom is 0.309 e. The summed E-state index contributed by atoms with van der Waals surface area (Å²) in [5, 5.41) is 13.9. The number of aryl methyl sites for hydroxylation is 1. The molecule has 1 aliphatic heterocycles. The minimum Gasteiger partial charge on any atom is -0.496 e. The zero-order valence-corrected chi connectivity index (χ0v) is 25.0. The Hall–Kier alpha value is -5.02. The highest BCUT2D eigenvalue weighted by Gasteiger charge is 2.33. The molecule has 0 atom stereocenters. The molecule has 0 amide bonds. The van der Waals surface area contributed by atoms with Crippen LogP contribution in [0.15, 0.2) is 77.9 Å². The van der Waals surface area contributed by atoms with Gasteiger partial charge in [0.15, 0.2) is 0 Å². The van der Waals surface area contributed by atoms with Crippen molar-refractivity contribution in [3.8, 4) is 28.0 Å². The number of halogens is 1. The van der Waals surface area contributed by atoms with Crippen LogP contribution in [0.2, 0.25) is 0 Å². The van der Waals surface area contributed by atoms with E-state index in [0.717, 1.165) is 38.9 Å². The van der Waals surface area contributed by atoms with Crippen molar-refractivity contribution >= 4 is 28.2 Å². The first-order valence-electron chi connectivity index (χ1n) is 14.4. The van der Waals surface area contributed by atoms with Crippen LogP contribution in [0.25, 0.3) is 33.0 Å². The van der Waals surface area contributed by atoms with Gasteiger partial charge in [-0.15, -0.1) is 0 Å². The number of hydrogen-bond donors (Lipinski definition) is 2. The molecular weight excluding hydrogens is 559 g/mol. The fourth-order valence-electron chi connectivity index (χ4n) is 5.98. The van der Waals surface area contributed by atoms with E-state index < -0.39 is 11.9 Å². The third-order valence-corrected chi connectivity index (χ3v) is 8.58. The van der Waals surface area contributed by atoms with E-state index >= 15 is 4.39 Å². The van der Waals surface area contributed by atoms with Crippen molar-refractivity contribution in [3.05, 3.63) is 106 Å². The second-order valence-corrected chi connectivity index (χ2v) is 11.3. The topological polar surface area (TPSA) is 96.7 Å². The van der Waals surface area contributed by atoms with Gasteiger partial charge in [0.1, 0.15) is 17.4 Å². The Morgan fingerprint density at radius 1 is 1.05 bits per heavy atom. The number of nitrogens with one attached hydrogen (secondary N) is 1. The second-order valence-electron chi connectivity index (χ2n) is 11.3. The number of pyridine rings is 2. The normalized spacial score (nSPS) is 13.6. The zero-order valence-electron chi connectivity index (χ0n) is 25.0. The first kappa shape index (κ1) is 29.1.